The lowest BCUT2D eigenvalue weighted by Crippen LogP contribution is -2.33. The first kappa shape index (κ1) is 12.0. The van der Waals surface area contributed by atoms with E-state index in [0.29, 0.717) is 5.41 Å². The second-order valence-electron chi connectivity index (χ2n) is 4.94. The van der Waals surface area contributed by atoms with E-state index in [2.05, 4.69) is 13.8 Å². The fourth-order valence-corrected chi connectivity index (χ4v) is 3.39. The number of nitrogens with two attached hydrogens (primary N) is 1. The maximum absolute atomic E-state index is 5.77. The van der Waals surface area contributed by atoms with Crippen LogP contribution >= 0.6 is 0 Å². The van der Waals surface area contributed by atoms with Crippen molar-refractivity contribution in [1.29, 1.82) is 0 Å². The molecule has 1 heteroatoms. The van der Waals surface area contributed by atoms with E-state index in [1.807, 2.05) is 0 Å². The van der Waals surface area contributed by atoms with Crippen molar-refractivity contribution < 1.29 is 0 Å². The van der Waals surface area contributed by atoms with Gasteiger partial charge < -0.3 is 5.73 Å². The predicted octanol–water partition coefficient (Wildman–Crippen LogP) is 3.72. The summed E-state index contributed by atoms with van der Waals surface area (Å²) < 4.78 is 0. The first-order chi connectivity index (χ1) is 6.79. The minimum atomic E-state index is 0.579. The maximum Gasteiger partial charge on any atom is -0.00719 e. The summed E-state index contributed by atoms with van der Waals surface area (Å²) in [5.41, 5.74) is 6.35. The van der Waals surface area contributed by atoms with Crippen LogP contribution in [0, 0.1) is 11.3 Å². The van der Waals surface area contributed by atoms with E-state index in [9.17, 15) is 0 Å². The largest absolute Gasteiger partial charge is 0.330 e. The smallest absolute Gasteiger partial charge is 0.00719 e. The van der Waals surface area contributed by atoms with E-state index in [1.54, 1.807) is 0 Å². The average Bonchev–Trinajstić information content (AvgIpc) is 2.27. The highest BCUT2D eigenvalue weighted by Gasteiger charge is 2.35. The van der Waals surface area contributed by atoms with Gasteiger partial charge in [-0.1, -0.05) is 46.0 Å². The highest BCUT2D eigenvalue weighted by molar-refractivity contribution is 4.86. The average molecular weight is 197 g/mol. The molecule has 0 aromatic rings. The number of hydrogen-bond acceptors (Lipinski definition) is 1. The Balaban J connectivity index is 2.62. The van der Waals surface area contributed by atoms with Crippen LogP contribution in [0.3, 0.4) is 0 Å². The molecule has 1 rings (SSSR count). The quantitative estimate of drug-likeness (QED) is 0.714. The molecule has 0 bridgehead atoms. The number of hydrogen-bond donors (Lipinski definition) is 1. The Morgan fingerprint density at radius 3 is 2.07 bits per heavy atom. The monoisotopic (exact) mass is 197 g/mol. The normalized spacial score (nSPS) is 19.9. The van der Waals surface area contributed by atoms with Crippen molar-refractivity contribution in [2.75, 3.05) is 6.54 Å². The van der Waals surface area contributed by atoms with Gasteiger partial charge in [0.15, 0.2) is 0 Å². The van der Waals surface area contributed by atoms with Gasteiger partial charge in [-0.05, 0) is 37.1 Å². The molecule has 0 radical (unpaired) electrons. The Morgan fingerprint density at radius 1 is 1.07 bits per heavy atom. The molecule has 14 heavy (non-hydrogen) atoms. The van der Waals surface area contributed by atoms with Crippen LogP contribution in [0.25, 0.3) is 0 Å². The molecule has 0 atom stereocenters. The van der Waals surface area contributed by atoms with E-state index in [1.165, 1.54) is 51.4 Å². The molecule has 0 aliphatic heterocycles. The fourth-order valence-electron chi connectivity index (χ4n) is 3.39. The molecule has 0 aromatic heterocycles. The van der Waals surface area contributed by atoms with Gasteiger partial charge in [0.2, 0.25) is 0 Å². The molecule has 1 fully saturated rings. The van der Waals surface area contributed by atoms with Crippen molar-refractivity contribution >= 4 is 0 Å². The van der Waals surface area contributed by atoms with Crippen molar-refractivity contribution in [3.05, 3.63) is 0 Å². The molecule has 0 aromatic carbocycles. The van der Waals surface area contributed by atoms with Crippen molar-refractivity contribution in [2.45, 2.75) is 65.2 Å². The van der Waals surface area contributed by atoms with Crippen LogP contribution in [0.1, 0.15) is 65.2 Å². The van der Waals surface area contributed by atoms with E-state index >= 15 is 0 Å². The minimum absolute atomic E-state index is 0.579. The third kappa shape index (κ3) is 2.50. The summed E-state index contributed by atoms with van der Waals surface area (Å²) in [6, 6.07) is 0. The van der Waals surface area contributed by atoms with E-state index in [0.717, 1.165) is 12.5 Å². The molecule has 84 valence electrons. The summed E-state index contributed by atoms with van der Waals surface area (Å²) >= 11 is 0. The molecule has 0 spiro atoms. The van der Waals surface area contributed by atoms with Crippen LogP contribution in [0.15, 0.2) is 0 Å². The molecule has 1 saturated carbocycles. The second-order valence-corrected chi connectivity index (χ2v) is 4.94. The molecule has 1 nitrogen and oxygen atoms in total. The Hall–Kier alpha value is -0.0400. The van der Waals surface area contributed by atoms with Gasteiger partial charge in [0.25, 0.3) is 0 Å². The lowest BCUT2D eigenvalue weighted by atomic mass is 9.64. The lowest BCUT2D eigenvalue weighted by Gasteiger charge is -2.42. The Morgan fingerprint density at radius 2 is 1.64 bits per heavy atom. The molecule has 0 heterocycles. The minimum Gasteiger partial charge on any atom is -0.330 e. The summed E-state index contributed by atoms with van der Waals surface area (Å²) in [4.78, 5) is 0. The van der Waals surface area contributed by atoms with Gasteiger partial charge in [-0.3, -0.25) is 0 Å². The fraction of sp³-hybridized carbons (Fsp3) is 1.00. The summed E-state index contributed by atoms with van der Waals surface area (Å²) in [5, 5.41) is 0. The lowest BCUT2D eigenvalue weighted by molar-refractivity contribution is 0.0952. The summed E-state index contributed by atoms with van der Waals surface area (Å²) in [6.07, 6.45) is 11.2. The molecule has 0 saturated heterocycles. The van der Waals surface area contributed by atoms with Gasteiger partial charge in [-0.2, -0.15) is 0 Å². The molecular weight excluding hydrogens is 170 g/mol. The van der Waals surface area contributed by atoms with E-state index in [4.69, 9.17) is 5.73 Å². The summed E-state index contributed by atoms with van der Waals surface area (Å²) in [5.74, 6) is 0.967. The van der Waals surface area contributed by atoms with Crippen LogP contribution in [-0.4, -0.2) is 6.54 Å². The second kappa shape index (κ2) is 5.75. The van der Waals surface area contributed by atoms with Crippen molar-refractivity contribution in [3.8, 4) is 0 Å². The standard InChI is InChI=1S/C13H27N/c1-3-13(4-2,10-11-14)12-8-6-5-7-9-12/h12H,3-11,14H2,1-2H3. The van der Waals surface area contributed by atoms with Crippen molar-refractivity contribution in [3.63, 3.8) is 0 Å². The van der Waals surface area contributed by atoms with Crippen LogP contribution < -0.4 is 5.73 Å². The van der Waals surface area contributed by atoms with Gasteiger partial charge in [0.05, 0.1) is 0 Å². The Kier molecular flexibility index (Phi) is 4.94. The summed E-state index contributed by atoms with van der Waals surface area (Å²) in [7, 11) is 0. The summed E-state index contributed by atoms with van der Waals surface area (Å²) in [6.45, 7) is 5.58. The zero-order valence-electron chi connectivity index (χ0n) is 10.0. The predicted molar refractivity (Wildman–Crippen MR) is 63.3 cm³/mol. The number of rotatable bonds is 5. The molecule has 0 unspecified atom stereocenters. The molecule has 1 aliphatic rings. The van der Waals surface area contributed by atoms with Gasteiger partial charge >= 0.3 is 0 Å². The van der Waals surface area contributed by atoms with E-state index in [-0.39, 0.29) is 0 Å². The van der Waals surface area contributed by atoms with Crippen LogP contribution in [-0.2, 0) is 0 Å². The first-order valence-corrected chi connectivity index (χ1v) is 6.49. The zero-order chi connectivity index (χ0) is 10.4. The van der Waals surface area contributed by atoms with Crippen molar-refractivity contribution in [2.24, 2.45) is 17.1 Å². The molecule has 2 N–H and O–H groups in total. The van der Waals surface area contributed by atoms with Crippen LogP contribution in [0.5, 0.6) is 0 Å². The van der Waals surface area contributed by atoms with Gasteiger partial charge in [-0.15, -0.1) is 0 Å². The topological polar surface area (TPSA) is 26.0 Å². The van der Waals surface area contributed by atoms with Crippen molar-refractivity contribution in [1.82, 2.24) is 0 Å². The highest BCUT2D eigenvalue weighted by Crippen LogP contribution is 2.45. The molecule has 1 aliphatic carbocycles. The van der Waals surface area contributed by atoms with Crippen LogP contribution in [0.2, 0.25) is 0 Å². The first-order valence-electron chi connectivity index (χ1n) is 6.49. The SMILES string of the molecule is CCC(CC)(CCN)C1CCCCC1. The Labute approximate surface area is 89.5 Å². The van der Waals surface area contributed by atoms with Gasteiger partial charge in [-0.25, -0.2) is 0 Å². The van der Waals surface area contributed by atoms with E-state index < -0.39 is 0 Å². The molecular formula is C13H27N. The third-order valence-corrected chi connectivity index (χ3v) is 4.52. The zero-order valence-corrected chi connectivity index (χ0v) is 10.0. The van der Waals surface area contributed by atoms with Gasteiger partial charge in [0, 0.05) is 0 Å². The van der Waals surface area contributed by atoms with Gasteiger partial charge in [0.1, 0.15) is 0 Å². The highest BCUT2D eigenvalue weighted by atomic mass is 14.6. The Bertz CT molecular complexity index is 143. The molecule has 0 amide bonds. The maximum atomic E-state index is 5.77. The van der Waals surface area contributed by atoms with Crippen LogP contribution in [0.4, 0.5) is 0 Å². The third-order valence-electron chi connectivity index (χ3n) is 4.52.